The van der Waals surface area contributed by atoms with Crippen LogP contribution in [0.3, 0.4) is 0 Å². The van der Waals surface area contributed by atoms with Crippen molar-refractivity contribution in [1.29, 1.82) is 0 Å². The molecule has 108 valence electrons. The fraction of sp³-hybridized carbons (Fsp3) is 0.400. The molecule has 0 radical (unpaired) electrons. The fourth-order valence-corrected chi connectivity index (χ4v) is 4.05. The standard InChI is InChI=1S/C15H16N4OS/c20-13-15(12(17-13)11-4-2-1-3-5-11)6-8-19(9-7-15)14-18-16-10-21-14/h1-5,10,12H,6-9H2,(H,17,20)/t12-/m1/s1. The second-order valence-corrected chi connectivity index (χ2v) is 6.49. The minimum atomic E-state index is -0.234. The van der Waals surface area contributed by atoms with Crippen molar-refractivity contribution in [3.05, 3.63) is 41.4 Å². The van der Waals surface area contributed by atoms with Gasteiger partial charge in [0.15, 0.2) is 0 Å². The van der Waals surface area contributed by atoms with Crippen LogP contribution in [0.2, 0.25) is 0 Å². The molecule has 0 saturated carbocycles. The van der Waals surface area contributed by atoms with E-state index in [0.717, 1.165) is 31.1 Å². The first-order valence-corrected chi connectivity index (χ1v) is 8.05. The van der Waals surface area contributed by atoms with Crippen molar-refractivity contribution in [1.82, 2.24) is 15.5 Å². The summed E-state index contributed by atoms with van der Waals surface area (Å²) in [4.78, 5) is 14.5. The third-order valence-electron chi connectivity index (χ3n) is 4.69. The number of carbonyl (C=O) groups excluding carboxylic acids is 1. The van der Waals surface area contributed by atoms with Gasteiger partial charge in [0.2, 0.25) is 11.0 Å². The Hall–Kier alpha value is -1.95. The van der Waals surface area contributed by atoms with Gasteiger partial charge in [-0.15, -0.1) is 10.2 Å². The van der Waals surface area contributed by atoms with E-state index < -0.39 is 0 Å². The van der Waals surface area contributed by atoms with Crippen molar-refractivity contribution in [3.8, 4) is 0 Å². The highest BCUT2D eigenvalue weighted by molar-refractivity contribution is 7.13. The molecule has 1 N–H and O–H groups in total. The summed E-state index contributed by atoms with van der Waals surface area (Å²) < 4.78 is 0. The Morgan fingerprint density at radius 1 is 1.24 bits per heavy atom. The molecule has 1 spiro atoms. The predicted molar refractivity (Wildman–Crippen MR) is 81.1 cm³/mol. The van der Waals surface area contributed by atoms with Gasteiger partial charge in [0.05, 0.1) is 11.5 Å². The maximum absolute atomic E-state index is 12.2. The van der Waals surface area contributed by atoms with Gasteiger partial charge in [-0.05, 0) is 18.4 Å². The molecule has 4 rings (SSSR count). The molecule has 1 atom stereocenters. The van der Waals surface area contributed by atoms with Crippen molar-refractivity contribution in [3.63, 3.8) is 0 Å². The van der Waals surface area contributed by atoms with Gasteiger partial charge in [0.25, 0.3) is 0 Å². The van der Waals surface area contributed by atoms with E-state index in [1.807, 2.05) is 18.2 Å². The second-order valence-electron chi connectivity index (χ2n) is 5.68. The van der Waals surface area contributed by atoms with E-state index in [2.05, 4.69) is 32.5 Å². The molecule has 0 bridgehead atoms. The third-order valence-corrected chi connectivity index (χ3v) is 5.44. The van der Waals surface area contributed by atoms with E-state index in [1.165, 1.54) is 5.56 Å². The minimum absolute atomic E-state index is 0.155. The van der Waals surface area contributed by atoms with Crippen LogP contribution < -0.4 is 10.2 Å². The number of hydrogen-bond acceptors (Lipinski definition) is 5. The number of carbonyl (C=O) groups is 1. The maximum Gasteiger partial charge on any atom is 0.229 e. The molecular weight excluding hydrogens is 284 g/mol. The molecule has 1 aromatic heterocycles. The Morgan fingerprint density at radius 3 is 2.62 bits per heavy atom. The molecule has 3 heterocycles. The quantitative estimate of drug-likeness (QED) is 0.862. The zero-order chi connectivity index (χ0) is 14.3. The van der Waals surface area contributed by atoms with E-state index in [1.54, 1.807) is 16.8 Å². The molecule has 0 unspecified atom stereocenters. The van der Waals surface area contributed by atoms with Crippen molar-refractivity contribution >= 4 is 22.4 Å². The first kappa shape index (κ1) is 12.8. The molecule has 2 aliphatic rings. The summed E-state index contributed by atoms with van der Waals surface area (Å²) in [6.45, 7) is 1.73. The predicted octanol–water partition coefficient (Wildman–Crippen LogP) is 2.00. The van der Waals surface area contributed by atoms with Gasteiger partial charge in [-0.3, -0.25) is 4.79 Å². The molecular formula is C15H16N4OS. The molecule has 2 saturated heterocycles. The van der Waals surface area contributed by atoms with Crippen LogP contribution in [0.4, 0.5) is 5.13 Å². The number of aromatic nitrogens is 2. The molecule has 6 heteroatoms. The number of nitrogens with one attached hydrogen (secondary N) is 1. The van der Waals surface area contributed by atoms with Gasteiger partial charge in [-0.2, -0.15) is 0 Å². The van der Waals surface area contributed by atoms with Gasteiger partial charge < -0.3 is 10.2 Å². The van der Waals surface area contributed by atoms with E-state index in [-0.39, 0.29) is 17.4 Å². The van der Waals surface area contributed by atoms with Gasteiger partial charge in [0.1, 0.15) is 5.51 Å². The highest BCUT2D eigenvalue weighted by atomic mass is 32.1. The summed E-state index contributed by atoms with van der Waals surface area (Å²) in [5.41, 5.74) is 2.73. The molecule has 1 amide bonds. The Bertz CT molecular complexity index is 635. The lowest BCUT2D eigenvalue weighted by molar-refractivity contribution is -0.148. The number of rotatable bonds is 2. The lowest BCUT2D eigenvalue weighted by Crippen LogP contribution is -2.64. The van der Waals surface area contributed by atoms with Crippen LogP contribution in [0.15, 0.2) is 35.8 Å². The summed E-state index contributed by atoms with van der Waals surface area (Å²) in [5.74, 6) is 0.202. The Morgan fingerprint density at radius 2 is 2.00 bits per heavy atom. The van der Waals surface area contributed by atoms with Crippen LogP contribution in [0.25, 0.3) is 0 Å². The summed E-state index contributed by atoms with van der Waals surface area (Å²) in [5, 5.41) is 12.1. The van der Waals surface area contributed by atoms with Crippen LogP contribution in [0, 0.1) is 5.41 Å². The lowest BCUT2D eigenvalue weighted by atomic mass is 9.64. The molecule has 2 aliphatic heterocycles. The smallest absolute Gasteiger partial charge is 0.229 e. The third kappa shape index (κ3) is 1.93. The summed E-state index contributed by atoms with van der Waals surface area (Å²) in [6.07, 6.45) is 1.75. The molecule has 2 fully saturated rings. The number of piperidine rings is 1. The molecule has 5 nitrogen and oxygen atoms in total. The fourth-order valence-electron chi connectivity index (χ4n) is 3.43. The van der Waals surface area contributed by atoms with Crippen LogP contribution in [-0.4, -0.2) is 29.2 Å². The Kier molecular flexibility index (Phi) is 2.92. The van der Waals surface area contributed by atoms with Crippen LogP contribution >= 0.6 is 11.3 Å². The average molecular weight is 300 g/mol. The van der Waals surface area contributed by atoms with Gasteiger partial charge in [-0.1, -0.05) is 41.7 Å². The van der Waals surface area contributed by atoms with E-state index in [9.17, 15) is 4.79 Å². The van der Waals surface area contributed by atoms with Crippen LogP contribution in [0.5, 0.6) is 0 Å². The van der Waals surface area contributed by atoms with E-state index in [0.29, 0.717) is 0 Å². The second kappa shape index (κ2) is 4.80. The number of benzene rings is 1. The number of β-lactam (4-membered cyclic amide) rings is 1. The van der Waals surface area contributed by atoms with Crippen molar-refractivity contribution < 1.29 is 4.79 Å². The molecule has 1 aromatic carbocycles. The minimum Gasteiger partial charge on any atom is -0.348 e. The van der Waals surface area contributed by atoms with Gasteiger partial charge in [-0.25, -0.2) is 0 Å². The monoisotopic (exact) mass is 300 g/mol. The summed E-state index contributed by atoms with van der Waals surface area (Å²) in [6, 6.07) is 10.4. The zero-order valence-corrected chi connectivity index (χ0v) is 12.3. The van der Waals surface area contributed by atoms with E-state index >= 15 is 0 Å². The first-order valence-electron chi connectivity index (χ1n) is 7.17. The highest BCUT2D eigenvalue weighted by Crippen LogP contribution is 2.50. The molecule has 0 aliphatic carbocycles. The van der Waals surface area contributed by atoms with Gasteiger partial charge >= 0.3 is 0 Å². The van der Waals surface area contributed by atoms with Crippen molar-refractivity contribution in [2.45, 2.75) is 18.9 Å². The van der Waals surface area contributed by atoms with Gasteiger partial charge in [0, 0.05) is 13.1 Å². The highest BCUT2D eigenvalue weighted by Gasteiger charge is 2.56. The number of anilines is 1. The lowest BCUT2D eigenvalue weighted by Gasteiger charge is -2.52. The topological polar surface area (TPSA) is 58.1 Å². The van der Waals surface area contributed by atoms with Crippen molar-refractivity contribution in [2.24, 2.45) is 5.41 Å². The Balaban J connectivity index is 1.54. The molecule has 21 heavy (non-hydrogen) atoms. The zero-order valence-electron chi connectivity index (χ0n) is 11.5. The first-order chi connectivity index (χ1) is 10.3. The normalized spacial score (nSPS) is 23.7. The van der Waals surface area contributed by atoms with Crippen molar-refractivity contribution in [2.75, 3.05) is 18.0 Å². The Labute approximate surface area is 127 Å². The van der Waals surface area contributed by atoms with Crippen LogP contribution in [0.1, 0.15) is 24.4 Å². The SMILES string of the molecule is O=C1N[C@H](c2ccccc2)C12CCN(c1nncs1)CC2. The maximum atomic E-state index is 12.2. The van der Waals surface area contributed by atoms with Crippen LogP contribution in [-0.2, 0) is 4.79 Å². The summed E-state index contributed by atoms with van der Waals surface area (Å²) >= 11 is 1.56. The largest absolute Gasteiger partial charge is 0.348 e. The molecule has 2 aromatic rings. The van der Waals surface area contributed by atoms with E-state index in [4.69, 9.17) is 0 Å². The number of amides is 1. The number of hydrogen-bond donors (Lipinski definition) is 1. The summed E-state index contributed by atoms with van der Waals surface area (Å²) in [7, 11) is 0. The average Bonchev–Trinajstić information content (AvgIpc) is 3.08. The number of nitrogens with zero attached hydrogens (tertiary/aromatic N) is 3.